The molecule has 0 radical (unpaired) electrons. The molecule has 2 aliphatic carbocycles. The molecule has 0 saturated heterocycles. The number of carboxylic acid groups (broad SMARTS) is 1. The van der Waals surface area contributed by atoms with Crippen LogP contribution in [0, 0.1) is 22.7 Å². The van der Waals surface area contributed by atoms with Gasteiger partial charge in [0.25, 0.3) is 0 Å². The molecule has 2 saturated carbocycles. The molecular weight excluding hydrogens is 180 g/mol. The zero-order valence-electron chi connectivity index (χ0n) is 8.95. The lowest BCUT2D eigenvalue weighted by Gasteiger charge is -2.36. The van der Waals surface area contributed by atoms with Crippen LogP contribution in [0.5, 0.6) is 0 Å². The second kappa shape index (κ2) is 2.51. The molecule has 2 fully saturated rings. The number of aliphatic hydroxyl groups is 1. The van der Waals surface area contributed by atoms with Gasteiger partial charge < -0.3 is 10.2 Å². The molecule has 14 heavy (non-hydrogen) atoms. The average molecular weight is 198 g/mol. The Labute approximate surface area is 84.1 Å². The Balaban J connectivity index is 2.44. The molecule has 3 nitrogen and oxygen atoms in total. The Hall–Kier alpha value is -0.570. The number of carboxylic acids is 1. The molecule has 4 atom stereocenters. The zero-order chi connectivity index (χ0) is 10.7. The predicted octanol–water partition coefficient (Wildman–Crippen LogP) is 1.50. The Morgan fingerprint density at radius 1 is 1.36 bits per heavy atom. The number of hydrogen-bond acceptors (Lipinski definition) is 2. The third kappa shape index (κ3) is 0.842. The van der Waals surface area contributed by atoms with Crippen LogP contribution in [-0.2, 0) is 4.79 Å². The zero-order valence-corrected chi connectivity index (χ0v) is 8.95. The van der Waals surface area contributed by atoms with Crippen LogP contribution in [0.4, 0.5) is 0 Å². The fourth-order valence-electron chi connectivity index (χ4n) is 3.64. The first-order chi connectivity index (χ1) is 6.32. The van der Waals surface area contributed by atoms with Crippen molar-refractivity contribution in [1.29, 1.82) is 0 Å². The van der Waals surface area contributed by atoms with Crippen LogP contribution in [0.15, 0.2) is 0 Å². The molecule has 2 rings (SSSR count). The summed E-state index contributed by atoms with van der Waals surface area (Å²) in [6.45, 7) is 6.22. The predicted molar refractivity (Wildman–Crippen MR) is 51.7 cm³/mol. The summed E-state index contributed by atoms with van der Waals surface area (Å²) in [4.78, 5) is 11.1. The largest absolute Gasteiger partial charge is 0.481 e. The van der Waals surface area contributed by atoms with Crippen molar-refractivity contribution in [2.24, 2.45) is 22.7 Å². The average Bonchev–Trinajstić information content (AvgIpc) is 2.35. The van der Waals surface area contributed by atoms with Crippen LogP contribution in [0.25, 0.3) is 0 Å². The second-order valence-corrected chi connectivity index (χ2v) is 5.59. The fourth-order valence-corrected chi connectivity index (χ4v) is 3.64. The highest BCUT2D eigenvalue weighted by molar-refractivity contribution is 5.72. The molecule has 0 aromatic heterocycles. The van der Waals surface area contributed by atoms with Gasteiger partial charge in [0.2, 0.25) is 0 Å². The van der Waals surface area contributed by atoms with Crippen LogP contribution < -0.4 is 0 Å². The third-order valence-corrected chi connectivity index (χ3v) is 5.09. The molecule has 3 heteroatoms. The highest BCUT2D eigenvalue weighted by atomic mass is 16.4. The van der Waals surface area contributed by atoms with E-state index >= 15 is 0 Å². The molecular formula is C11H18O3. The maximum absolute atomic E-state index is 11.1. The first-order valence-electron chi connectivity index (χ1n) is 5.23. The van der Waals surface area contributed by atoms with Crippen LogP contribution >= 0.6 is 0 Å². The number of fused-ring (bicyclic) bond motifs is 2. The summed E-state index contributed by atoms with van der Waals surface area (Å²) in [6, 6.07) is 0. The Morgan fingerprint density at radius 3 is 2.21 bits per heavy atom. The summed E-state index contributed by atoms with van der Waals surface area (Å²) < 4.78 is 0. The Kier molecular flexibility index (Phi) is 1.79. The van der Waals surface area contributed by atoms with E-state index in [0.29, 0.717) is 0 Å². The fraction of sp³-hybridized carbons (Fsp3) is 0.909. The van der Waals surface area contributed by atoms with E-state index in [0.717, 1.165) is 12.8 Å². The van der Waals surface area contributed by atoms with Crippen molar-refractivity contribution in [2.45, 2.75) is 39.7 Å². The summed E-state index contributed by atoms with van der Waals surface area (Å²) in [5.41, 5.74) is -0.254. The molecule has 2 bridgehead atoms. The van der Waals surface area contributed by atoms with E-state index in [1.54, 1.807) is 0 Å². The summed E-state index contributed by atoms with van der Waals surface area (Å²) in [5.74, 6) is -1.25. The Bertz CT molecular complexity index is 284. The van der Waals surface area contributed by atoms with Crippen molar-refractivity contribution in [1.82, 2.24) is 0 Å². The molecule has 0 heterocycles. The molecule has 0 aromatic rings. The summed E-state index contributed by atoms with van der Waals surface area (Å²) >= 11 is 0. The minimum absolute atomic E-state index is 0.0462. The normalized spacial score (nSPS) is 49.6. The van der Waals surface area contributed by atoms with E-state index in [1.807, 2.05) is 6.92 Å². The minimum Gasteiger partial charge on any atom is -0.481 e. The van der Waals surface area contributed by atoms with E-state index in [1.165, 1.54) is 0 Å². The maximum atomic E-state index is 11.1. The highest BCUT2D eigenvalue weighted by Crippen LogP contribution is 2.67. The van der Waals surface area contributed by atoms with Crippen LogP contribution in [-0.4, -0.2) is 22.3 Å². The van der Waals surface area contributed by atoms with Crippen molar-refractivity contribution in [3.05, 3.63) is 0 Å². The number of aliphatic hydroxyl groups excluding tert-OH is 1. The van der Waals surface area contributed by atoms with E-state index in [2.05, 4.69) is 13.8 Å². The van der Waals surface area contributed by atoms with Crippen LogP contribution in [0.3, 0.4) is 0 Å². The van der Waals surface area contributed by atoms with Gasteiger partial charge in [-0.25, -0.2) is 0 Å². The highest BCUT2D eigenvalue weighted by Gasteiger charge is 2.67. The van der Waals surface area contributed by atoms with E-state index in [-0.39, 0.29) is 16.7 Å². The third-order valence-electron chi connectivity index (χ3n) is 5.09. The molecule has 0 spiro atoms. The first-order valence-corrected chi connectivity index (χ1v) is 5.23. The van der Waals surface area contributed by atoms with Crippen LogP contribution in [0.1, 0.15) is 33.6 Å². The minimum atomic E-state index is -0.834. The lowest BCUT2D eigenvalue weighted by molar-refractivity contribution is -0.149. The van der Waals surface area contributed by atoms with Gasteiger partial charge in [0, 0.05) is 0 Å². The van der Waals surface area contributed by atoms with E-state index in [9.17, 15) is 9.90 Å². The molecule has 80 valence electrons. The van der Waals surface area contributed by atoms with Gasteiger partial charge in [0.15, 0.2) is 0 Å². The molecule has 2 N–H and O–H groups in total. The van der Waals surface area contributed by atoms with Crippen molar-refractivity contribution in [3.63, 3.8) is 0 Å². The smallest absolute Gasteiger partial charge is 0.309 e. The number of carbonyl (C=O) groups is 1. The van der Waals surface area contributed by atoms with Gasteiger partial charge in [-0.15, -0.1) is 0 Å². The van der Waals surface area contributed by atoms with Gasteiger partial charge in [-0.05, 0) is 29.6 Å². The SMILES string of the molecule is CC1(C)[C@H]2CC[C@]1(C)[C@H](O)[C@H]2C(=O)O. The van der Waals surface area contributed by atoms with E-state index in [4.69, 9.17) is 5.11 Å². The molecule has 0 amide bonds. The van der Waals surface area contributed by atoms with Gasteiger partial charge in [-0.1, -0.05) is 20.8 Å². The number of rotatable bonds is 1. The molecule has 0 aromatic carbocycles. The van der Waals surface area contributed by atoms with Gasteiger partial charge in [-0.2, -0.15) is 0 Å². The van der Waals surface area contributed by atoms with Crippen molar-refractivity contribution >= 4 is 5.97 Å². The van der Waals surface area contributed by atoms with Gasteiger partial charge in [0.1, 0.15) is 0 Å². The van der Waals surface area contributed by atoms with Gasteiger partial charge in [-0.3, -0.25) is 4.79 Å². The Morgan fingerprint density at radius 2 is 1.93 bits per heavy atom. The first kappa shape index (κ1) is 9.97. The van der Waals surface area contributed by atoms with Crippen molar-refractivity contribution in [3.8, 4) is 0 Å². The number of aliphatic carboxylic acids is 1. The van der Waals surface area contributed by atoms with Gasteiger partial charge in [0.05, 0.1) is 12.0 Å². The topological polar surface area (TPSA) is 57.5 Å². The quantitative estimate of drug-likeness (QED) is 0.671. The molecule has 2 aliphatic rings. The summed E-state index contributed by atoms with van der Waals surface area (Å²) in [6.07, 6.45) is 1.22. The molecule has 0 unspecified atom stereocenters. The molecule has 0 aliphatic heterocycles. The monoisotopic (exact) mass is 198 g/mol. The van der Waals surface area contributed by atoms with E-state index < -0.39 is 18.0 Å². The summed E-state index contributed by atoms with van der Waals surface area (Å²) in [7, 11) is 0. The maximum Gasteiger partial charge on any atom is 0.309 e. The van der Waals surface area contributed by atoms with Gasteiger partial charge >= 0.3 is 5.97 Å². The summed E-state index contributed by atoms with van der Waals surface area (Å²) in [5, 5.41) is 19.2. The number of hydrogen-bond donors (Lipinski definition) is 2. The lowest BCUT2D eigenvalue weighted by Crippen LogP contribution is -2.39. The lowest BCUT2D eigenvalue weighted by atomic mass is 9.70. The standard InChI is InChI=1S/C11H18O3/c1-10(2)6-4-5-11(10,3)8(12)7(6)9(13)14/h6-8,12H,4-5H2,1-3H3,(H,13,14)/t6-,7-,8+,11+/m0/s1. The van der Waals surface area contributed by atoms with Crippen LogP contribution in [0.2, 0.25) is 0 Å². The second-order valence-electron chi connectivity index (χ2n) is 5.59. The van der Waals surface area contributed by atoms with Crippen molar-refractivity contribution in [2.75, 3.05) is 0 Å². The van der Waals surface area contributed by atoms with Crippen molar-refractivity contribution < 1.29 is 15.0 Å².